The molecule has 1 aromatic carbocycles. The minimum Gasteiger partial charge on any atom is -0.492 e. The highest BCUT2D eigenvalue weighted by atomic mass is 35.5. The second-order valence-corrected chi connectivity index (χ2v) is 7.18. The Balaban J connectivity index is 1.77. The predicted molar refractivity (Wildman–Crippen MR) is 88.4 cm³/mol. The van der Waals surface area contributed by atoms with Gasteiger partial charge < -0.3 is 9.64 Å². The predicted octanol–water partition coefficient (Wildman–Crippen LogP) is 4.07. The van der Waals surface area contributed by atoms with Gasteiger partial charge in [0.25, 0.3) is 0 Å². The van der Waals surface area contributed by atoms with Gasteiger partial charge in [0.15, 0.2) is 0 Å². The highest BCUT2D eigenvalue weighted by Crippen LogP contribution is 2.32. The van der Waals surface area contributed by atoms with Crippen LogP contribution in [0.1, 0.15) is 45.1 Å². The summed E-state index contributed by atoms with van der Waals surface area (Å²) in [6, 6.07) is 6.31. The van der Waals surface area contributed by atoms with Crippen molar-refractivity contribution in [1.29, 1.82) is 0 Å². The molecule has 3 nitrogen and oxygen atoms in total. The van der Waals surface area contributed by atoms with Gasteiger partial charge in [-0.1, -0.05) is 24.4 Å². The zero-order valence-corrected chi connectivity index (χ0v) is 14.1. The molecule has 1 unspecified atom stereocenters. The first kappa shape index (κ1) is 15.7. The Morgan fingerprint density at radius 2 is 2.05 bits per heavy atom. The molecule has 1 amide bonds. The summed E-state index contributed by atoms with van der Waals surface area (Å²) in [5, 5.41) is 0.701. The molecular formula is C18H24ClNO2. The van der Waals surface area contributed by atoms with Crippen LogP contribution in [-0.2, 0) is 11.2 Å². The van der Waals surface area contributed by atoms with Gasteiger partial charge in [-0.15, -0.1) is 0 Å². The van der Waals surface area contributed by atoms with Gasteiger partial charge in [0, 0.05) is 17.1 Å². The Morgan fingerprint density at radius 3 is 2.73 bits per heavy atom. The quantitative estimate of drug-likeness (QED) is 0.840. The van der Waals surface area contributed by atoms with Gasteiger partial charge in [0.2, 0.25) is 5.91 Å². The topological polar surface area (TPSA) is 29.5 Å². The average Bonchev–Trinajstić information content (AvgIpc) is 3.00. The van der Waals surface area contributed by atoms with Crippen molar-refractivity contribution >= 4 is 17.5 Å². The molecule has 1 aromatic rings. The number of fused-ring (bicyclic) bond motifs is 1. The number of amides is 1. The Hall–Kier alpha value is -1.22. The smallest absolute Gasteiger partial charge is 0.229 e. The number of hydrogen-bond donors (Lipinski definition) is 0. The van der Waals surface area contributed by atoms with Crippen molar-refractivity contribution in [2.45, 2.75) is 58.0 Å². The van der Waals surface area contributed by atoms with Crippen molar-refractivity contribution in [2.24, 2.45) is 5.92 Å². The van der Waals surface area contributed by atoms with E-state index in [9.17, 15) is 4.79 Å². The third-order valence-electron chi connectivity index (χ3n) is 4.81. The third kappa shape index (κ3) is 3.10. The molecule has 0 radical (unpaired) electrons. The number of rotatable bonds is 3. The van der Waals surface area contributed by atoms with Crippen molar-refractivity contribution in [3.05, 3.63) is 28.8 Å². The first-order valence-electron chi connectivity index (χ1n) is 8.29. The van der Waals surface area contributed by atoms with Crippen LogP contribution < -0.4 is 4.74 Å². The Morgan fingerprint density at radius 1 is 1.32 bits per heavy atom. The summed E-state index contributed by atoms with van der Waals surface area (Å²) in [6.07, 6.45) is 5.48. The molecule has 1 heterocycles. The monoisotopic (exact) mass is 321 g/mol. The molecule has 1 aliphatic carbocycles. The Kier molecular flexibility index (Phi) is 4.62. The van der Waals surface area contributed by atoms with Gasteiger partial charge in [0.05, 0.1) is 5.92 Å². The highest BCUT2D eigenvalue weighted by molar-refractivity contribution is 6.30. The third-order valence-corrected chi connectivity index (χ3v) is 5.04. The number of benzene rings is 1. The van der Waals surface area contributed by atoms with Crippen LogP contribution in [0.5, 0.6) is 5.75 Å². The van der Waals surface area contributed by atoms with Crippen LogP contribution in [-0.4, -0.2) is 29.5 Å². The molecule has 3 rings (SSSR count). The van der Waals surface area contributed by atoms with E-state index < -0.39 is 0 Å². The molecule has 120 valence electrons. The first-order valence-corrected chi connectivity index (χ1v) is 8.67. The lowest BCUT2D eigenvalue weighted by Gasteiger charge is -2.37. The Bertz CT molecular complexity index is 552. The minimum atomic E-state index is -0.0889. The molecule has 1 saturated carbocycles. The Labute approximate surface area is 137 Å². The van der Waals surface area contributed by atoms with E-state index in [0.717, 1.165) is 30.6 Å². The zero-order chi connectivity index (χ0) is 15.7. The lowest BCUT2D eigenvalue weighted by molar-refractivity contribution is -0.141. The fourth-order valence-corrected chi connectivity index (χ4v) is 3.97. The summed E-state index contributed by atoms with van der Waals surface area (Å²) >= 11 is 6.07. The second kappa shape index (κ2) is 6.49. The number of ether oxygens (including phenoxy) is 1. The van der Waals surface area contributed by atoms with Gasteiger partial charge in [-0.2, -0.15) is 0 Å². The minimum absolute atomic E-state index is 0.0889. The van der Waals surface area contributed by atoms with Crippen LogP contribution in [0.25, 0.3) is 0 Å². The van der Waals surface area contributed by atoms with Gasteiger partial charge in [-0.3, -0.25) is 4.79 Å². The van der Waals surface area contributed by atoms with Crippen LogP contribution >= 0.6 is 11.6 Å². The number of hydrogen-bond acceptors (Lipinski definition) is 2. The number of halogens is 1. The standard InChI is InChI=1S/C18H24ClNO2/c1-12(2)20(16-5-3-4-6-16)18(21)14-9-13-10-15(19)7-8-17(13)22-11-14/h7-8,10,12,14,16H,3-6,9,11H2,1-2H3. The SMILES string of the molecule is CC(C)N(C(=O)C1COc2ccc(Cl)cc2C1)C1CCCC1. The van der Waals surface area contributed by atoms with Crippen molar-refractivity contribution in [3.63, 3.8) is 0 Å². The molecule has 1 atom stereocenters. The molecule has 0 bridgehead atoms. The first-order chi connectivity index (χ1) is 10.6. The van der Waals surface area contributed by atoms with E-state index in [-0.39, 0.29) is 17.9 Å². The lowest BCUT2D eigenvalue weighted by Crippen LogP contribution is -2.48. The van der Waals surface area contributed by atoms with Crippen LogP contribution in [0.2, 0.25) is 5.02 Å². The van der Waals surface area contributed by atoms with Crippen molar-refractivity contribution < 1.29 is 9.53 Å². The summed E-state index contributed by atoms with van der Waals surface area (Å²) in [7, 11) is 0. The fraction of sp³-hybridized carbons (Fsp3) is 0.611. The summed E-state index contributed by atoms with van der Waals surface area (Å²) in [4.78, 5) is 15.1. The van der Waals surface area contributed by atoms with Crippen LogP contribution in [0.4, 0.5) is 0 Å². The number of carbonyl (C=O) groups is 1. The maximum Gasteiger partial charge on any atom is 0.229 e. The van der Waals surface area contributed by atoms with E-state index in [1.165, 1.54) is 12.8 Å². The van der Waals surface area contributed by atoms with Crippen LogP contribution in [0.3, 0.4) is 0 Å². The molecular weight excluding hydrogens is 298 g/mol. The van der Waals surface area contributed by atoms with Crippen molar-refractivity contribution in [1.82, 2.24) is 4.90 Å². The van der Waals surface area contributed by atoms with E-state index in [4.69, 9.17) is 16.3 Å². The van der Waals surface area contributed by atoms with Gasteiger partial charge in [0.1, 0.15) is 12.4 Å². The van der Waals surface area contributed by atoms with Gasteiger partial charge in [-0.25, -0.2) is 0 Å². The van der Waals surface area contributed by atoms with Crippen molar-refractivity contribution in [2.75, 3.05) is 6.61 Å². The van der Waals surface area contributed by atoms with Crippen molar-refractivity contribution in [3.8, 4) is 5.75 Å². The molecule has 0 spiro atoms. The van der Waals surface area contributed by atoms with Crippen LogP contribution in [0.15, 0.2) is 18.2 Å². The van der Waals surface area contributed by atoms with Gasteiger partial charge >= 0.3 is 0 Å². The van der Waals surface area contributed by atoms with Crippen LogP contribution in [0, 0.1) is 5.92 Å². The van der Waals surface area contributed by atoms with E-state index in [1.54, 1.807) is 0 Å². The zero-order valence-electron chi connectivity index (χ0n) is 13.3. The number of nitrogens with zero attached hydrogens (tertiary/aromatic N) is 1. The summed E-state index contributed by atoms with van der Waals surface area (Å²) in [6.45, 7) is 4.71. The second-order valence-electron chi connectivity index (χ2n) is 6.74. The largest absolute Gasteiger partial charge is 0.492 e. The van der Waals surface area contributed by atoms with E-state index in [1.807, 2.05) is 18.2 Å². The van der Waals surface area contributed by atoms with E-state index in [2.05, 4.69) is 18.7 Å². The maximum atomic E-state index is 13.0. The molecule has 1 aliphatic heterocycles. The van der Waals surface area contributed by atoms with Gasteiger partial charge in [-0.05, 0) is 56.9 Å². The maximum absolute atomic E-state index is 13.0. The summed E-state index contributed by atoms with van der Waals surface area (Å²) < 4.78 is 5.80. The fourth-order valence-electron chi connectivity index (χ4n) is 3.77. The summed E-state index contributed by atoms with van der Waals surface area (Å²) in [5.74, 6) is 1.02. The molecule has 4 heteroatoms. The van der Waals surface area contributed by atoms with E-state index >= 15 is 0 Å². The number of carbonyl (C=O) groups excluding carboxylic acids is 1. The lowest BCUT2D eigenvalue weighted by atomic mass is 9.94. The highest BCUT2D eigenvalue weighted by Gasteiger charge is 2.35. The molecule has 0 N–H and O–H groups in total. The summed E-state index contributed by atoms with van der Waals surface area (Å²) in [5.41, 5.74) is 1.05. The molecule has 2 aliphatic rings. The normalized spacial score (nSPS) is 21.5. The van der Waals surface area contributed by atoms with E-state index in [0.29, 0.717) is 17.7 Å². The molecule has 0 saturated heterocycles. The molecule has 22 heavy (non-hydrogen) atoms. The average molecular weight is 322 g/mol. The molecule has 0 aromatic heterocycles. The molecule has 1 fully saturated rings.